The fourth-order valence-corrected chi connectivity index (χ4v) is 1.88. The van der Waals surface area contributed by atoms with Gasteiger partial charge in [0, 0.05) is 11.7 Å². The molecule has 0 spiro atoms. The Hall–Kier alpha value is -1.80. The maximum atomic E-state index is 12.0. The van der Waals surface area contributed by atoms with Gasteiger partial charge in [0.25, 0.3) is 0 Å². The molecule has 0 saturated carbocycles. The van der Waals surface area contributed by atoms with Gasteiger partial charge < -0.3 is 20.5 Å². The van der Waals surface area contributed by atoms with Gasteiger partial charge in [-0.3, -0.25) is 4.79 Å². The number of nitrogens with one attached hydrogen (secondary N) is 1. The molecule has 8 heteroatoms. The minimum atomic E-state index is -4.38. The number of amides is 1. The third-order valence-electron chi connectivity index (χ3n) is 2.99. The number of carbonyl (C=O) groups is 1. The summed E-state index contributed by atoms with van der Waals surface area (Å²) in [5.74, 6) is -0.624. The first-order chi connectivity index (χ1) is 9.85. The Balaban J connectivity index is 1.89. The lowest BCUT2D eigenvalue weighted by atomic mass is 10.0. The summed E-state index contributed by atoms with van der Waals surface area (Å²) in [6.07, 6.45) is -4.38. The molecule has 1 aromatic rings. The molecular formula is C13H15F3N2O3. The minimum Gasteiger partial charge on any atom is -0.484 e. The third-order valence-corrected chi connectivity index (χ3v) is 2.99. The van der Waals surface area contributed by atoms with E-state index in [1.165, 1.54) is 24.3 Å². The van der Waals surface area contributed by atoms with Crippen molar-refractivity contribution in [3.8, 4) is 5.75 Å². The molecule has 5 nitrogen and oxygen atoms in total. The Morgan fingerprint density at radius 3 is 2.52 bits per heavy atom. The van der Waals surface area contributed by atoms with E-state index in [4.69, 9.17) is 10.5 Å². The van der Waals surface area contributed by atoms with E-state index in [9.17, 15) is 18.0 Å². The fraction of sp³-hybridized carbons (Fsp3) is 0.462. The SMILES string of the molecule is NC1COCC1C(=O)Nc1ccc(OCC(F)(F)F)cc1. The van der Waals surface area contributed by atoms with Crippen LogP contribution in [0.15, 0.2) is 24.3 Å². The summed E-state index contributed by atoms with van der Waals surface area (Å²) in [5.41, 5.74) is 6.18. The summed E-state index contributed by atoms with van der Waals surface area (Å²) in [4.78, 5) is 11.9. The molecule has 3 N–H and O–H groups in total. The number of nitrogens with two attached hydrogens (primary N) is 1. The molecule has 1 amide bonds. The first-order valence-electron chi connectivity index (χ1n) is 6.29. The summed E-state index contributed by atoms with van der Waals surface area (Å²) in [7, 11) is 0. The average Bonchev–Trinajstić information content (AvgIpc) is 2.83. The highest BCUT2D eigenvalue weighted by Gasteiger charge is 2.31. The molecule has 0 aromatic heterocycles. The lowest BCUT2D eigenvalue weighted by Gasteiger charge is -2.14. The molecular weight excluding hydrogens is 289 g/mol. The quantitative estimate of drug-likeness (QED) is 0.885. The molecule has 0 radical (unpaired) electrons. The van der Waals surface area contributed by atoms with Crippen LogP contribution in [-0.2, 0) is 9.53 Å². The maximum Gasteiger partial charge on any atom is 0.422 e. The number of ether oxygens (including phenoxy) is 2. The van der Waals surface area contributed by atoms with E-state index in [-0.39, 0.29) is 24.3 Å². The predicted octanol–water partition coefficient (Wildman–Crippen LogP) is 1.54. The van der Waals surface area contributed by atoms with Crippen LogP contribution < -0.4 is 15.8 Å². The highest BCUT2D eigenvalue weighted by atomic mass is 19.4. The zero-order chi connectivity index (χ0) is 15.5. The number of benzene rings is 1. The molecule has 0 aliphatic carbocycles. The second-order valence-electron chi connectivity index (χ2n) is 4.73. The zero-order valence-electron chi connectivity index (χ0n) is 11.0. The highest BCUT2D eigenvalue weighted by molar-refractivity contribution is 5.93. The van der Waals surface area contributed by atoms with Gasteiger partial charge in [-0.25, -0.2) is 0 Å². The molecule has 1 aliphatic heterocycles. The number of hydrogen-bond donors (Lipinski definition) is 2. The number of anilines is 1. The maximum absolute atomic E-state index is 12.0. The predicted molar refractivity (Wildman–Crippen MR) is 68.9 cm³/mol. The van der Waals surface area contributed by atoms with Crippen LogP contribution >= 0.6 is 0 Å². The van der Waals surface area contributed by atoms with Gasteiger partial charge >= 0.3 is 6.18 Å². The third kappa shape index (κ3) is 4.61. The molecule has 0 bridgehead atoms. The average molecular weight is 304 g/mol. The number of alkyl halides is 3. The Labute approximate surface area is 119 Å². The molecule has 116 valence electrons. The van der Waals surface area contributed by atoms with Crippen molar-refractivity contribution in [1.82, 2.24) is 0 Å². The van der Waals surface area contributed by atoms with Gasteiger partial charge in [-0.15, -0.1) is 0 Å². The van der Waals surface area contributed by atoms with Gasteiger partial charge in [0.05, 0.1) is 19.1 Å². The number of hydrogen-bond acceptors (Lipinski definition) is 4. The smallest absolute Gasteiger partial charge is 0.422 e. The van der Waals surface area contributed by atoms with Crippen LogP contribution in [-0.4, -0.2) is 37.9 Å². The summed E-state index contributed by atoms with van der Waals surface area (Å²) >= 11 is 0. The summed E-state index contributed by atoms with van der Waals surface area (Å²) in [6, 6.07) is 5.29. The van der Waals surface area contributed by atoms with Crippen LogP contribution in [0, 0.1) is 5.92 Å². The van der Waals surface area contributed by atoms with Crippen molar-refractivity contribution in [1.29, 1.82) is 0 Å². The topological polar surface area (TPSA) is 73.6 Å². The Morgan fingerprint density at radius 1 is 1.33 bits per heavy atom. The molecule has 2 rings (SSSR count). The van der Waals surface area contributed by atoms with E-state index in [1.54, 1.807) is 0 Å². The highest BCUT2D eigenvalue weighted by Crippen LogP contribution is 2.21. The standard InChI is InChI=1S/C13H15F3N2O3/c14-13(15,16)7-21-9-3-1-8(2-4-9)18-12(19)10-5-20-6-11(10)17/h1-4,10-11H,5-7,17H2,(H,18,19). The van der Waals surface area contributed by atoms with E-state index in [0.29, 0.717) is 12.3 Å². The summed E-state index contributed by atoms with van der Waals surface area (Å²) in [5, 5.41) is 2.64. The van der Waals surface area contributed by atoms with E-state index < -0.39 is 18.7 Å². The van der Waals surface area contributed by atoms with Gasteiger partial charge in [-0.1, -0.05) is 0 Å². The van der Waals surface area contributed by atoms with Crippen LogP contribution in [0.5, 0.6) is 5.75 Å². The van der Waals surface area contributed by atoms with Crippen LogP contribution in [0.1, 0.15) is 0 Å². The largest absolute Gasteiger partial charge is 0.484 e. The lowest BCUT2D eigenvalue weighted by Crippen LogP contribution is -2.37. The van der Waals surface area contributed by atoms with E-state index in [0.717, 1.165) is 0 Å². The fourth-order valence-electron chi connectivity index (χ4n) is 1.88. The van der Waals surface area contributed by atoms with Crippen molar-refractivity contribution in [3.05, 3.63) is 24.3 Å². The molecule has 2 atom stereocenters. The van der Waals surface area contributed by atoms with Gasteiger partial charge in [-0.05, 0) is 24.3 Å². The minimum absolute atomic E-state index is 0.0752. The summed E-state index contributed by atoms with van der Waals surface area (Å²) in [6.45, 7) is -0.755. The Morgan fingerprint density at radius 2 is 2.00 bits per heavy atom. The molecule has 1 aromatic carbocycles. The second kappa shape index (κ2) is 6.31. The van der Waals surface area contributed by atoms with Gasteiger partial charge in [0.1, 0.15) is 5.75 Å². The Kier molecular flexibility index (Phi) is 4.69. The van der Waals surface area contributed by atoms with Crippen molar-refractivity contribution < 1.29 is 27.4 Å². The normalized spacial score (nSPS) is 22.1. The second-order valence-corrected chi connectivity index (χ2v) is 4.73. The van der Waals surface area contributed by atoms with Gasteiger partial charge in [-0.2, -0.15) is 13.2 Å². The zero-order valence-corrected chi connectivity index (χ0v) is 11.0. The number of carbonyl (C=O) groups excluding carboxylic acids is 1. The van der Waals surface area contributed by atoms with Crippen LogP contribution in [0.3, 0.4) is 0 Å². The Bertz CT molecular complexity index is 490. The van der Waals surface area contributed by atoms with Gasteiger partial charge in [0.15, 0.2) is 6.61 Å². The molecule has 2 unspecified atom stereocenters. The van der Waals surface area contributed by atoms with E-state index in [1.807, 2.05) is 0 Å². The van der Waals surface area contributed by atoms with Gasteiger partial charge in [0.2, 0.25) is 5.91 Å². The molecule has 1 heterocycles. The molecule has 1 aliphatic rings. The summed E-state index contributed by atoms with van der Waals surface area (Å²) < 4.78 is 45.7. The van der Waals surface area contributed by atoms with Crippen molar-refractivity contribution in [2.24, 2.45) is 11.7 Å². The van der Waals surface area contributed by atoms with Crippen molar-refractivity contribution in [3.63, 3.8) is 0 Å². The monoisotopic (exact) mass is 304 g/mol. The first-order valence-corrected chi connectivity index (χ1v) is 6.29. The lowest BCUT2D eigenvalue weighted by molar-refractivity contribution is -0.153. The van der Waals surface area contributed by atoms with Crippen LogP contribution in [0.4, 0.5) is 18.9 Å². The molecule has 1 saturated heterocycles. The van der Waals surface area contributed by atoms with E-state index >= 15 is 0 Å². The van der Waals surface area contributed by atoms with Crippen LogP contribution in [0.25, 0.3) is 0 Å². The van der Waals surface area contributed by atoms with Crippen molar-refractivity contribution >= 4 is 11.6 Å². The van der Waals surface area contributed by atoms with Crippen molar-refractivity contribution in [2.45, 2.75) is 12.2 Å². The molecule has 21 heavy (non-hydrogen) atoms. The first kappa shape index (κ1) is 15.6. The van der Waals surface area contributed by atoms with Crippen molar-refractivity contribution in [2.75, 3.05) is 25.1 Å². The number of rotatable bonds is 4. The number of halogens is 3. The van der Waals surface area contributed by atoms with E-state index in [2.05, 4.69) is 10.1 Å². The molecule has 1 fully saturated rings. The van der Waals surface area contributed by atoms with Crippen LogP contribution in [0.2, 0.25) is 0 Å².